The van der Waals surface area contributed by atoms with Crippen LogP contribution in [-0.4, -0.2) is 22.3 Å². The molecule has 0 aliphatic rings. The number of halogens is 1. The number of nitrogens with zero attached hydrogens (tertiary/aromatic N) is 3. The summed E-state index contributed by atoms with van der Waals surface area (Å²) in [7, 11) is -4.11. The number of benzene rings is 1. The second-order valence-corrected chi connectivity index (χ2v) is 7.17. The Balaban J connectivity index is 2.78. The summed E-state index contributed by atoms with van der Waals surface area (Å²) in [5.41, 5.74) is 1.69. The Morgan fingerprint density at radius 1 is 1.24 bits per heavy atom. The van der Waals surface area contributed by atoms with E-state index < -0.39 is 20.8 Å². The van der Waals surface area contributed by atoms with E-state index in [4.69, 9.17) is 0 Å². The van der Waals surface area contributed by atoms with Gasteiger partial charge in [0.1, 0.15) is 11.1 Å². The number of hydrogen-bond donors (Lipinski definition) is 0. The topological polar surface area (TPSA) is 95.1 Å². The fourth-order valence-corrected chi connectivity index (χ4v) is 4.54. The van der Waals surface area contributed by atoms with E-state index >= 15 is 0 Å². The third-order valence-electron chi connectivity index (χ3n) is 3.12. The lowest BCUT2D eigenvalue weighted by molar-refractivity contribution is -0.390. The predicted octanol–water partition coefficient (Wildman–Crippen LogP) is 2.72. The maximum Gasteiger partial charge on any atom is 0.358 e. The van der Waals surface area contributed by atoms with Crippen molar-refractivity contribution in [3.8, 4) is 0 Å². The zero-order valence-corrected chi connectivity index (χ0v) is 13.9. The average molecular weight is 374 g/mol. The fourth-order valence-electron chi connectivity index (χ4n) is 1.89. The first-order valence-corrected chi connectivity index (χ1v) is 8.10. The molecule has 1 aromatic carbocycles. The highest BCUT2D eigenvalue weighted by molar-refractivity contribution is 9.10. The molecule has 0 fully saturated rings. The van der Waals surface area contributed by atoms with Crippen molar-refractivity contribution in [2.75, 3.05) is 0 Å². The van der Waals surface area contributed by atoms with Crippen molar-refractivity contribution in [1.82, 2.24) is 8.96 Å². The van der Waals surface area contributed by atoms with E-state index in [1.54, 1.807) is 13.0 Å². The molecule has 1 heterocycles. The molecule has 0 aliphatic carbocycles. The Morgan fingerprint density at radius 3 is 2.38 bits per heavy atom. The lowest BCUT2D eigenvalue weighted by Gasteiger charge is -2.09. The third-order valence-corrected chi connectivity index (χ3v) is 5.87. The summed E-state index contributed by atoms with van der Waals surface area (Å²) in [6.07, 6.45) is 0.932. The molecule has 2 rings (SSSR count). The van der Waals surface area contributed by atoms with Crippen molar-refractivity contribution in [1.29, 1.82) is 0 Å². The molecule has 0 aliphatic heterocycles. The van der Waals surface area contributed by atoms with Crippen LogP contribution in [0.1, 0.15) is 17.0 Å². The molecule has 0 saturated carbocycles. The van der Waals surface area contributed by atoms with Crippen LogP contribution in [0.15, 0.2) is 27.7 Å². The average Bonchev–Trinajstić information content (AvgIpc) is 2.76. The molecule has 0 amide bonds. The Kier molecular flexibility index (Phi) is 3.89. The molecule has 2 aromatic rings. The van der Waals surface area contributed by atoms with E-state index in [0.717, 1.165) is 17.3 Å². The van der Waals surface area contributed by atoms with Crippen LogP contribution in [0, 0.1) is 30.9 Å². The molecule has 7 nitrogen and oxygen atoms in total. The lowest BCUT2D eigenvalue weighted by Crippen LogP contribution is -2.17. The molecule has 9 heteroatoms. The van der Waals surface area contributed by atoms with E-state index in [0.29, 0.717) is 8.45 Å². The van der Waals surface area contributed by atoms with Crippen LogP contribution in [0.3, 0.4) is 0 Å². The van der Waals surface area contributed by atoms with Gasteiger partial charge >= 0.3 is 15.8 Å². The minimum Gasteiger partial charge on any atom is -0.358 e. The Labute approximate surface area is 130 Å². The normalized spacial score (nSPS) is 11.6. The second kappa shape index (κ2) is 5.23. The van der Waals surface area contributed by atoms with Crippen molar-refractivity contribution in [2.45, 2.75) is 25.7 Å². The van der Waals surface area contributed by atoms with Gasteiger partial charge in [-0.2, -0.15) is 8.42 Å². The van der Waals surface area contributed by atoms with E-state index in [9.17, 15) is 18.5 Å². The molecular formula is C12H12BrN3O4S. The van der Waals surface area contributed by atoms with Crippen LogP contribution < -0.4 is 0 Å². The van der Waals surface area contributed by atoms with Gasteiger partial charge in [0.2, 0.25) is 5.82 Å². The Morgan fingerprint density at radius 2 is 1.81 bits per heavy atom. The molecule has 0 N–H and O–H groups in total. The maximum absolute atomic E-state index is 12.7. The first kappa shape index (κ1) is 15.6. The number of rotatable bonds is 3. The summed E-state index contributed by atoms with van der Waals surface area (Å²) in [5.74, 6) is -0.551. The first-order chi connectivity index (χ1) is 9.66. The van der Waals surface area contributed by atoms with Crippen LogP contribution >= 0.6 is 15.9 Å². The summed E-state index contributed by atoms with van der Waals surface area (Å²) >= 11 is 3.21. The van der Waals surface area contributed by atoms with Crippen LogP contribution in [0.25, 0.3) is 0 Å². The summed E-state index contributed by atoms with van der Waals surface area (Å²) in [6.45, 7) is 5.02. The molecule has 21 heavy (non-hydrogen) atoms. The van der Waals surface area contributed by atoms with Gasteiger partial charge in [0.15, 0.2) is 0 Å². The van der Waals surface area contributed by atoms with Gasteiger partial charge in [-0.25, -0.2) is 4.98 Å². The largest absolute Gasteiger partial charge is 0.358 e. The van der Waals surface area contributed by atoms with Crippen molar-refractivity contribution in [3.63, 3.8) is 0 Å². The summed E-state index contributed by atoms with van der Waals surface area (Å²) in [6, 6.07) is 3.15. The number of imidazole rings is 1. The number of hydrogen-bond acceptors (Lipinski definition) is 5. The molecule has 0 unspecified atom stereocenters. The van der Waals surface area contributed by atoms with Crippen molar-refractivity contribution in [3.05, 3.63) is 49.9 Å². The first-order valence-electron chi connectivity index (χ1n) is 5.87. The standard InChI is InChI=1S/C12H12BrN3O4S/c1-7-4-10(13)11(5-8(7)2)21(19,20)15-9(3)14-6-12(15)16(17)18/h4-6H,1-3H3. The van der Waals surface area contributed by atoms with E-state index in [1.165, 1.54) is 13.0 Å². The van der Waals surface area contributed by atoms with Crippen LogP contribution in [0.4, 0.5) is 5.82 Å². The SMILES string of the molecule is Cc1cc(Br)c(S(=O)(=O)n2c([N+](=O)[O-])cnc2C)cc1C. The van der Waals surface area contributed by atoms with Gasteiger partial charge in [0.05, 0.1) is 0 Å². The Hall–Kier alpha value is -1.74. The summed E-state index contributed by atoms with van der Waals surface area (Å²) in [4.78, 5) is 13.9. The van der Waals surface area contributed by atoms with Gasteiger partial charge in [-0.1, -0.05) is 3.97 Å². The van der Waals surface area contributed by atoms with Gasteiger partial charge in [-0.3, -0.25) is 0 Å². The molecule has 0 bridgehead atoms. The molecule has 0 radical (unpaired) electrons. The summed E-state index contributed by atoms with van der Waals surface area (Å²) < 4.78 is 26.4. The van der Waals surface area contributed by atoms with E-state index in [1.807, 2.05) is 6.92 Å². The lowest BCUT2D eigenvalue weighted by atomic mass is 10.1. The second-order valence-electron chi connectivity index (χ2n) is 4.56. The molecule has 0 atom stereocenters. The van der Waals surface area contributed by atoms with Crippen LogP contribution in [0.5, 0.6) is 0 Å². The Bertz CT molecular complexity index is 842. The minimum atomic E-state index is -4.11. The molecular weight excluding hydrogens is 362 g/mol. The van der Waals surface area contributed by atoms with E-state index in [-0.39, 0.29) is 10.7 Å². The van der Waals surface area contributed by atoms with Gasteiger partial charge < -0.3 is 10.1 Å². The zero-order chi connectivity index (χ0) is 15.9. The zero-order valence-electron chi connectivity index (χ0n) is 11.5. The van der Waals surface area contributed by atoms with Gasteiger partial charge in [-0.05, 0) is 58.0 Å². The van der Waals surface area contributed by atoms with Gasteiger partial charge in [0, 0.05) is 11.4 Å². The summed E-state index contributed by atoms with van der Waals surface area (Å²) in [5, 5.41) is 11.0. The predicted molar refractivity (Wildman–Crippen MR) is 79.8 cm³/mol. The molecule has 112 valence electrons. The van der Waals surface area contributed by atoms with E-state index in [2.05, 4.69) is 20.9 Å². The fraction of sp³-hybridized carbons (Fsp3) is 0.250. The molecule has 0 spiro atoms. The van der Waals surface area contributed by atoms with Gasteiger partial charge in [-0.15, -0.1) is 0 Å². The number of nitro groups is 1. The smallest absolute Gasteiger partial charge is 0.358 e. The quantitative estimate of drug-likeness (QED) is 0.608. The number of aryl methyl sites for hydroxylation is 3. The molecule has 0 saturated heterocycles. The van der Waals surface area contributed by atoms with Gasteiger partial charge in [0.25, 0.3) is 0 Å². The highest BCUT2D eigenvalue weighted by Crippen LogP contribution is 2.30. The van der Waals surface area contributed by atoms with Crippen molar-refractivity contribution >= 4 is 31.8 Å². The molecule has 1 aromatic heterocycles. The van der Waals surface area contributed by atoms with Crippen LogP contribution in [-0.2, 0) is 10.0 Å². The third kappa shape index (κ3) is 2.58. The highest BCUT2D eigenvalue weighted by atomic mass is 79.9. The van der Waals surface area contributed by atoms with Crippen molar-refractivity contribution < 1.29 is 13.3 Å². The number of aromatic nitrogens is 2. The maximum atomic E-state index is 12.7. The van der Waals surface area contributed by atoms with Crippen molar-refractivity contribution in [2.24, 2.45) is 0 Å². The monoisotopic (exact) mass is 373 g/mol. The highest BCUT2D eigenvalue weighted by Gasteiger charge is 2.33. The minimum absolute atomic E-state index is 0.0326. The van der Waals surface area contributed by atoms with Crippen LogP contribution in [0.2, 0.25) is 0 Å².